The van der Waals surface area contributed by atoms with E-state index in [9.17, 15) is 0 Å². The summed E-state index contributed by atoms with van der Waals surface area (Å²) in [6.45, 7) is 4.47. The van der Waals surface area contributed by atoms with Crippen LogP contribution in [0, 0.1) is 11.8 Å². The fourth-order valence-corrected chi connectivity index (χ4v) is 2.34. The van der Waals surface area contributed by atoms with E-state index >= 15 is 0 Å². The Bertz CT molecular complexity index is 163. The highest BCUT2D eigenvalue weighted by Crippen LogP contribution is 2.32. The topological polar surface area (TPSA) is 9.23 Å². The molecule has 0 radical (unpaired) electrons. The summed E-state index contributed by atoms with van der Waals surface area (Å²) in [6.07, 6.45) is 10.2. The van der Waals surface area contributed by atoms with Crippen molar-refractivity contribution in [3.8, 4) is 0 Å². The van der Waals surface area contributed by atoms with Gasteiger partial charge in [-0.2, -0.15) is 0 Å². The van der Waals surface area contributed by atoms with E-state index in [1.807, 2.05) is 7.11 Å². The summed E-state index contributed by atoms with van der Waals surface area (Å²) in [5, 5.41) is 0. The van der Waals surface area contributed by atoms with E-state index in [1.54, 1.807) is 0 Å². The molecule has 1 rings (SSSR count). The van der Waals surface area contributed by atoms with Gasteiger partial charge in [-0.1, -0.05) is 31.9 Å². The van der Waals surface area contributed by atoms with Crippen LogP contribution in [0.3, 0.4) is 0 Å². The van der Waals surface area contributed by atoms with E-state index in [4.69, 9.17) is 4.74 Å². The van der Waals surface area contributed by atoms with Crippen molar-refractivity contribution in [2.45, 2.75) is 45.6 Å². The Morgan fingerprint density at radius 1 is 1.38 bits per heavy atom. The fraction of sp³-hybridized carbons (Fsp3) is 0.833. The second-order valence-electron chi connectivity index (χ2n) is 4.10. The van der Waals surface area contributed by atoms with E-state index in [-0.39, 0.29) is 0 Å². The minimum atomic E-state index is 0.418. The quantitative estimate of drug-likeness (QED) is 0.605. The summed E-state index contributed by atoms with van der Waals surface area (Å²) in [4.78, 5) is 0. The number of hydrogen-bond acceptors (Lipinski definition) is 1. The third-order valence-corrected chi connectivity index (χ3v) is 3.25. The van der Waals surface area contributed by atoms with Crippen molar-refractivity contribution in [1.82, 2.24) is 0 Å². The van der Waals surface area contributed by atoms with E-state index in [0.717, 1.165) is 11.8 Å². The van der Waals surface area contributed by atoms with Crippen LogP contribution in [0.25, 0.3) is 0 Å². The number of allylic oxidation sites excluding steroid dienone is 2. The van der Waals surface area contributed by atoms with Gasteiger partial charge in [0.2, 0.25) is 0 Å². The Hall–Kier alpha value is -0.300. The van der Waals surface area contributed by atoms with Gasteiger partial charge in [-0.05, 0) is 31.6 Å². The molecule has 1 aliphatic rings. The Morgan fingerprint density at radius 2 is 2.08 bits per heavy atom. The minimum absolute atomic E-state index is 0.418. The van der Waals surface area contributed by atoms with Crippen LogP contribution in [0.5, 0.6) is 0 Å². The zero-order chi connectivity index (χ0) is 9.68. The molecule has 13 heavy (non-hydrogen) atoms. The average Bonchev–Trinajstić information content (AvgIpc) is 2.18. The molecule has 1 aliphatic carbocycles. The molecule has 0 fully saturated rings. The molecule has 0 aromatic heterocycles. The van der Waals surface area contributed by atoms with Crippen LogP contribution in [0.1, 0.15) is 39.5 Å². The van der Waals surface area contributed by atoms with Crippen molar-refractivity contribution in [1.29, 1.82) is 0 Å². The van der Waals surface area contributed by atoms with E-state index in [2.05, 4.69) is 26.0 Å². The molecular weight excluding hydrogens is 160 g/mol. The Labute approximate surface area is 82.2 Å². The van der Waals surface area contributed by atoms with Crippen LogP contribution in [-0.2, 0) is 4.74 Å². The number of methoxy groups -OCH3 is 1. The lowest BCUT2D eigenvalue weighted by Gasteiger charge is -2.32. The van der Waals surface area contributed by atoms with Crippen LogP contribution in [0.2, 0.25) is 0 Å². The second kappa shape index (κ2) is 5.43. The predicted octanol–water partition coefficient (Wildman–Crippen LogP) is 3.40. The van der Waals surface area contributed by atoms with Crippen molar-refractivity contribution in [2.75, 3.05) is 7.11 Å². The number of ether oxygens (including phenoxy) is 1. The summed E-state index contributed by atoms with van der Waals surface area (Å²) in [6, 6.07) is 0. The van der Waals surface area contributed by atoms with Gasteiger partial charge in [-0.25, -0.2) is 0 Å². The summed E-state index contributed by atoms with van der Waals surface area (Å²) in [5.41, 5.74) is 0. The number of hydrogen-bond donors (Lipinski definition) is 0. The molecule has 3 atom stereocenters. The van der Waals surface area contributed by atoms with Crippen LogP contribution in [0.4, 0.5) is 0 Å². The number of rotatable bonds is 4. The van der Waals surface area contributed by atoms with Gasteiger partial charge >= 0.3 is 0 Å². The highest BCUT2D eigenvalue weighted by Gasteiger charge is 2.26. The third-order valence-electron chi connectivity index (χ3n) is 3.25. The molecule has 0 spiro atoms. The van der Waals surface area contributed by atoms with Crippen LogP contribution < -0.4 is 0 Å². The van der Waals surface area contributed by atoms with E-state index < -0.39 is 0 Å². The maximum atomic E-state index is 5.43. The van der Waals surface area contributed by atoms with Gasteiger partial charge in [0.05, 0.1) is 6.10 Å². The van der Waals surface area contributed by atoms with Gasteiger partial charge in [0.1, 0.15) is 0 Å². The average molecular weight is 182 g/mol. The molecule has 3 unspecified atom stereocenters. The van der Waals surface area contributed by atoms with Crippen molar-refractivity contribution >= 4 is 0 Å². The molecule has 0 aromatic carbocycles. The van der Waals surface area contributed by atoms with E-state index in [0.29, 0.717) is 6.10 Å². The molecule has 0 saturated heterocycles. The fourth-order valence-electron chi connectivity index (χ4n) is 2.34. The summed E-state index contributed by atoms with van der Waals surface area (Å²) in [5.74, 6) is 1.60. The Morgan fingerprint density at radius 3 is 2.69 bits per heavy atom. The smallest absolute Gasteiger partial charge is 0.0577 e. The van der Waals surface area contributed by atoms with Crippen molar-refractivity contribution in [3.63, 3.8) is 0 Å². The Kier molecular flexibility index (Phi) is 4.51. The monoisotopic (exact) mass is 182 g/mol. The normalized spacial score (nSPS) is 30.4. The first-order valence-electron chi connectivity index (χ1n) is 5.47. The molecule has 0 aromatic rings. The summed E-state index contributed by atoms with van der Waals surface area (Å²) in [7, 11) is 1.83. The lowest BCUT2D eigenvalue weighted by molar-refractivity contribution is 0.0370. The van der Waals surface area contributed by atoms with Crippen LogP contribution in [-0.4, -0.2) is 13.2 Å². The van der Waals surface area contributed by atoms with Crippen molar-refractivity contribution < 1.29 is 4.74 Å². The standard InChI is InChI=1S/C12H22O/c1-4-7-11-8-5-6-9-12(11)10(2)13-3/h5-6,10-12H,4,7-9H2,1-3H3. The molecular formula is C12H22O. The zero-order valence-electron chi connectivity index (χ0n) is 9.12. The largest absolute Gasteiger partial charge is 0.381 e. The molecule has 0 amide bonds. The Balaban J connectivity index is 2.52. The lowest BCUT2D eigenvalue weighted by atomic mass is 9.77. The second-order valence-corrected chi connectivity index (χ2v) is 4.10. The highest BCUT2D eigenvalue weighted by molar-refractivity contribution is 4.96. The molecule has 0 aliphatic heterocycles. The third kappa shape index (κ3) is 2.84. The zero-order valence-corrected chi connectivity index (χ0v) is 9.12. The maximum absolute atomic E-state index is 5.43. The molecule has 1 nitrogen and oxygen atoms in total. The highest BCUT2D eigenvalue weighted by atomic mass is 16.5. The lowest BCUT2D eigenvalue weighted by Crippen LogP contribution is -2.28. The minimum Gasteiger partial charge on any atom is -0.381 e. The van der Waals surface area contributed by atoms with Gasteiger partial charge in [0.25, 0.3) is 0 Å². The first kappa shape index (κ1) is 10.8. The first-order chi connectivity index (χ1) is 6.29. The van der Waals surface area contributed by atoms with Gasteiger partial charge < -0.3 is 4.74 Å². The molecule has 76 valence electrons. The van der Waals surface area contributed by atoms with Crippen molar-refractivity contribution in [3.05, 3.63) is 12.2 Å². The summed E-state index contributed by atoms with van der Waals surface area (Å²) >= 11 is 0. The first-order valence-corrected chi connectivity index (χ1v) is 5.47. The summed E-state index contributed by atoms with van der Waals surface area (Å²) < 4.78 is 5.43. The van der Waals surface area contributed by atoms with Crippen LogP contribution >= 0.6 is 0 Å². The van der Waals surface area contributed by atoms with Gasteiger partial charge in [-0.15, -0.1) is 0 Å². The van der Waals surface area contributed by atoms with Gasteiger partial charge in [-0.3, -0.25) is 0 Å². The molecule has 1 heteroatoms. The molecule has 0 saturated carbocycles. The van der Waals surface area contributed by atoms with E-state index in [1.165, 1.54) is 25.7 Å². The molecule has 0 N–H and O–H groups in total. The molecule has 0 heterocycles. The van der Waals surface area contributed by atoms with Gasteiger partial charge in [0, 0.05) is 7.11 Å². The maximum Gasteiger partial charge on any atom is 0.0577 e. The predicted molar refractivity (Wildman–Crippen MR) is 56.7 cm³/mol. The molecule has 0 bridgehead atoms. The SMILES string of the molecule is CCCC1CC=CCC1C(C)OC. The van der Waals surface area contributed by atoms with Crippen LogP contribution in [0.15, 0.2) is 12.2 Å². The van der Waals surface area contributed by atoms with Gasteiger partial charge in [0.15, 0.2) is 0 Å². The van der Waals surface area contributed by atoms with Crippen molar-refractivity contribution in [2.24, 2.45) is 11.8 Å².